The molecule has 2 rings (SSSR count). The summed E-state index contributed by atoms with van der Waals surface area (Å²) < 4.78 is 0. The Labute approximate surface area is 96.3 Å². The summed E-state index contributed by atoms with van der Waals surface area (Å²) in [6.07, 6.45) is -2.05. The number of fused-ring (bicyclic) bond motifs is 1. The van der Waals surface area contributed by atoms with Crippen molar-refractivity contribution in [1.82, 2.24) is 4.98 Å². The van der Waals surface area contributed by atoms with Crippen LogP contribution in [0.1, 0.15) is 15.9 Å². The quantitative estimate of drug-likeness (QED) is 0.515. The van der Waals surface area contributed by atoms with Crippen molar-refractivity contribution in [3.63, 3.8) is 0 Å². The van der Waals surface area contributed by atoms with E-state index < -0.39 is 12.1 Å². The summed E-state index contributed by atoms with van der Waals surface area (Å²) in [5, 5.41) is 18.3. The highest BCUT2D eigenvalue weighted by Gasteiger charge is 2.17. The van der Waals surface area contributed by atoms with Crippen molar-refractivity contribution in [3.05, 3.63) is 45.7 Å². The molecule has 0 fully saturated rings. The minimum atomic E-state index is -2.05. The molecule has 3 N–H and O–H groups in total. The van der Waals surface area contributed by atoms with Gasteiger partial charge in [0.1, 0.15) is 0 Å². The van der Waals surface area contributed by atoms with Crippen LogP contribution in [0.15, 0.2) is 29.1 Å². The van der Waals surface area contributed by atoms with E-state index in [-0.39, 0.29) is 11.1 Å². The number of pyridine rings is 1. The van der Waals surface area contributed by atoms with Crippen LogP contribution in [0.25, 0.3) is 10.9 Å². The van der Waals surface area contributed by atoms with Crippen LogP contribution in [0.5, 0.6) is 0 Å². The molecule has 0 aliphatic rings. The third-order valence-corrected chi connectivity index (χ3v) is 2.60. The molecule has 88 valence electrons. The molecule has 0 radical (unpaired) electrons. The van der Waals surface area contributed by atoms with Crippen LogP contribution in [0.4, 0.5) is 0 Å². The molecule has 0 spiro atoms. The van der Waals surface area contributed by atoms with E-state index in [0.29, 0.717) is 10.9 Å². The van der Waals surface area contributed by atoms with Crippen LogP contribution in [-0.4, -0.2) is 27.3 Å². The molecule has 1 aromatic carbocycles. The lowest BCUT2D eigenvalue weighted by Crippen LogP contribution is -2.20. The number of carbonyl (C=O) groups is 1. The van der Waals surface area contributed by atoms with Crippen molar-refractivity contribution in [2.24, 2.45) is 0 Å². The molecule has 0 aliphatic carbocycles. The smallest absolute Gasteiger partial charge is 0.248 e. The second-order valence-electron chi connectivity index (χ2n) is 3.78. The number of aromatic nitrogens is 1. The maximum Gasteiger partial charge on any atom is 0.248 e. The van der Waals surface area contributed by atoms with Crippen molar-refractivity contribution in [2.75, 3.05) is 0 Å². The first-order chi connectivity index (χ1) is 8.00. The third-order valence-electron chi connectivity index (χ3n) is 2.60. The van der Waals surface area contributed by atoms with Gasteiger partial charge < -0.3 is 15.2 Å². The van der Waals surface area contributed by atoms with Crippen molar-refractivity contribution < 1.29 is 15.0 Å². The molecule has 17 heavy (non-hydrogen) atoms. The average molecular weight is 233 g/mol. The van der Waals surface area contributed by atoms with E-state index in [0.717, 1.165) is 5.56 Å². The predicted octanol–water partition coefficient (Wildman–Crippen LogP) is 0.330. The minimum Gasteiger partial charge on any atom is -0.362 e. The van der Waals surface area contributed by atoms with Gasteiger partial charge in [-0.05, 0) is 18.6 Å². The number of Topliss-reactive ketones (excluding diaryl/α,β-unsaturated/α-hetero) is 1. The van der Waals surface area contributed by atoms with E-state index in [1.807, 2.05) is 0 Å². The number of aliphatic hydroxyl groups is 2. The Morgan fingerprint density at radius 2 is 1.94 bits per heavy atom. The van der Waals surface area contributed by atoms with Gasteiger partial charge in [0.15, 0.2) is 0 Å². The molecule has 0 unspecified atom stereocenters. The monoisotopic (exact) mass is 233 g/mol. The first kappa shape index (κ1) is 11.5. The molecule has 5 heteroatoms. The summed E-state index contributed by atoms with van der Waals surface area (Å²) in [6.45, 7) is 1.79. The fraction of sp³-hybridized carbons (Fsp3) is 0.167. The number of aryl methyl sites for hydroxylation is 1. The van der Waals surface area contributed by atoms with Crippen LogP contribution in [0.3, 0.4) is 0 Å². The second-order valence-corrected chi connectivity index (χ2v) is 3.78. The molecule has 0 aliphatic heterocycles. The van der Waals surface area contributed by atoms with Gasteiger partial charge in [0.05, 0.1) is 5.52 Å². The van der Waals surface area contributed by atoms with Crippen LogP contribution >= 0.6 is 0 Å². The maximum absolute atomic E-state index is 11.6. The normalized spacial score (nSPS) is 11.1. The molecule has 1 aromatic heterocycles. The van der Waals surface area contributed by atoms with Gasteiger partial charge in [-0.3, -0.25) is 9.59 Å². The molecule has 2 aromatic rings. The Morgan fingerprint density at radius 3 is 2.59 bits per heavy atom. The van der Waals surface area contributed by atoms with E-state index in [1.54, 1.807) is 13.0 Å². The number of rotatable bonds is 2. The first-order valence-electron chi connectivity index (χ1n) is 5.03. The Hall–Kier alpha value is -1.98. The molecule has 0 bridgehead atoms. The lowest BCUT2D eigenvalue weighted by molar-refractivity contribution is -0.0193. The Morgan fingerprint density at radius 1 is 1.24 bits per heavy atom. The molecule has 5 nitrogen and oxygen atoms in total. The maximum atomic E-state index is 11.6. The number of ketones is 1. The molecule has 1 heterocycles. The van der Waals surface area contributed by atoms with Crippen molar-refractivity contribution >= 4 is 16.7 Å². The summed E-state index contributed by atoms with van der Waals surface area (Å²) >= 11 is 0. The Bertz CT molecular complexity index is 642. The van der Waals surface area contributed by atoms with Gasteiger partial charge in [-0.15, -0.1) is 0 Å². The zero-order chi connectivity index (χ0) is 12.6. The standard InChI is InChI=1S/C12H11NO4/c1-6-2-3-8(11(15)12(16)17)7-4-5-9(14)13-10(6)7/h2-5,12,16-17H,1H3,(H,13,14). The fourth-order valence-electron chi connectivity index (χ4n) is 1.75. The fourth-order valence-corrected chi connectivity index (χ4v) is 1.75. The molecule has 0 atom stereocenters. The van der Waals surface area contributed by atoms with Crippen molar-refractivity contribution in [3.8, 4) is 0 Å². The number of H-pyrrole nitrogens is 1. The van der Waals surface area contributed by atoms with Crippen molar-refractivity contribution in [1.29, 1.82) is 0 Å². The Balaban J connectivity index is 2.79. The zero-order valence-corrected chi connectivity index (χ0v) is 9.10. The molecule has 0 saturated carbocycles. The van der Waals surface area contributed by atoms with E-state index in [1.165, 1.54) is 18.2 Å². The lowest BCUT2D eigenvalue weighted by atomic mass is 10.0. The minimum absolute atomic E-state index is 0.178. The van der Waals surface area contributed by atoms with Gasteiger partial charge in [0.25, 0.3) is 0 Å². The van der Waals surface area contributed by atoms with E-state index in [2.05, 4.69) is 4.98 Å². The number of aliphatic hydroxyl groups excluding tert-OH is 1. The van der Waals surface area contributed by atoms with Gasteiger partial charge in [-0.1, -0.05) is 12.1 Å². The number of aromatic amines is 1. The van der Waals surface area contributed by atoms with E-state index in [4.69, 9.17) is 10.2 Å². The van der Waals surface area contributed by atoms with Crippen LogP contribution in [0.2, 0.25) is 0 Å². The zero-order valence-electron chi connectivity index (χ0n) is 9.10. The van der Waals surface area contributed by atoms with Gasteiger partial charge in [-0.25, -0.2) is 0 Å². The van der Waals surface area contributed by atoms with Crippen LogP contribution in [0, 0.1) is 6.92 Å². The highest BCUT2D eigenvalue weighted by molar-refractivity contribution is 6.09. The SMILES string of the molecule is Cc1ccc(C(=O)C(O)O)c2ccc(=O)[nH]c12. The van der Waals surface area contributed by atoms with Gasteiger partial charge in [-0.2, -0.15) is 0 Å². The molecular formula is C12H11NO4. The first-order valence-corrected chi connectivity index (χ1v) is 5.03. The number of hydrogen-bond donors (Lipinski definition) is 3. The lowest BCUT2D eigenvalue weighted by Gasteiger charge is -2.08. The predicted molar refractivity (Wildman–Crippen MR) is 61.9 cm³/mol. The van der Waals surface area contributed by atoms with Gasteiger partial charge in [0.2, 0.25) is 17.6 Å². The second kappa shape index (κ2) is 4.12. The molecular weight excluding hydrogens is 222 g/mol. The molecule has 0 amide bonds. The molecule has 0 saturated heterocycles. The largest absolute Gasteiger partial charge is 0.362 e. The number of carbonyl (C=O) groups excluding carboxylic acids is 1. The summed E-state index contributed by atoms with van der Waals surface area (Å²) in [5.74, 6) is -0.790. The Kier molecular flexibility index (Phi) is 2.79. The highest BCUT2D eigenvalue weighted by Crippen LogP contribution is 2.20. The highest BCUT2D eigenvalue weighted by atomic mass is 16.5. The van der Waals surface area contributed by atoms with Crippen LogP contribution in [-0.2, 0) is 0 Å². The third kappa shape index (κ3) is 1.98. The van der Waals surface area contributed by atoms with Crippen molar-refractivity contribution in [2.45, 2.75) is 13.2 Å². The summed E-state index contributed by atoms with van der Waals surface area (Å²) in [5.41, 5.74) is 1.25. The number of hydrogen-bond acceptors (Lipinski definition) is 4. The van der Waals surface area contributed by atoms with E-state index in [9.17, 15) is 9.59 Å². The number of nitrogens with one attached hydrogen (secondary N) is 1. The average Bonchev–Trinajstić information content (AvgIpc) is 2.29. The summed E-state index contributed by atoms with van der Waals surface area (Å²) in [6, 6.07) is 5.95. The summed E-state index contributed by atoms with van der Waals surface area (Å²) in [7, 11) is 0. The topological polar surface area (TPSA) is 90.4 Å². The van der Waals surface area contributed by atoms with Crippen LogP contribution < -0.4 is 5.56 Å². The van der Waals surface area contributed by atoms with E-state index >= 15 is 0 Å². The number of benzene rings is 1. The van der Waals surface area contributed by atoms with Gasteiger partial charge in [0, 0.05) is 17.0 Å². The van der Waals surface area contributed by atoms with Gasteiger partial charge >= 0.3 is 0 Å². The summed E-state index contributed by atoms with van der Waals surface area (Å²) in [4.78, 5) is 25.4.